The van der Waals surface area contributed by atoms with Crippen molar-refractivity contribution in [2.45, 2.75) is 71.1 Å². The predicted octanol–water partition coefficient (Wildman–Crippen LogP) is 6.71. The van der Waals surface area contributed by atoms with Gasteiger partial charge in [-0.2, -0.15) is 5.26 Å². The van der Waals surface area contributed by atoms with Gasteiger partial charge in [0.05, 0.1) is 0 Å². The van der Waals surface area contributed by atoms with Crippen LogP contribution in [-0.2, 0) is 6.42 Å². The highest BCUT2D eigenvalue weighted by Gasteiger charge is 2.21. The van der Waals surface area contributed by atoms with Crippen LogP contribution < -0.4 is 0 Å². The van der Waals surface area contributed by atoms with Gasteiger partial charge in [0.2, 0.25) is 0 Å². The molecule has 0 saturated heterocycles. The van der Waals surface area contributed by atoms with E-state index in [0.717, 1.165) is 12.3 Å². The second-order valence-electron chi connectivity index (χ2n) is 7.33. The summed E-state index contributed by atoms with van der Waals surface area (Å²) in [5, 5.41) is 8.72. The molecule has 0 heterocycles. The number of nitriles is 1. The first kappa shape index (κ1) is 19.6. The van der Waals surface area contributed by atoms with Crippen LogP contribution in [0.3, 0.4) is 0 Å². The van der Waals surface area contributed by atoms with E-state index in [0.29, 0.717) is 17.9 Å². The van der Waals surface area contributed by atoms with Crippen LogP contribution in [0.1, 0.15) is 75.8 Å². The SMILES string of the molecule is C/C=C/CCCCC1CCC(CCc2cc(F)c(C#N)c(F)c2)CC1. The van der Waals surface area contributed by atoms with Crippen LogP contribution in [0, 0.1) is 34.8 Å². The molecule has 0 aromatic heterocycles. The van der Waals surface area contributed by atoms with Crippen molar-refractivity contribution in [3.05, 3.63) is 47.0 Å². The normalized spacial score (nSPS) is 20.7. The fourth-order valence-corrected chi connectivity index (χ4v) is 3.92. The maximum Gasteiger partial charge on any atom is 0.144 e. The number of hydrogen-bond acceptors (Lipinski definition) is 1. The standard InChI is InChI=1S/C22H29F2N/c1-2-3-4-5-6-7-17-8-10-18(11-9-17)12-13-19-14-21(23)20(16-25)22(24)15-19/h2-3,14-15,17-18H,4-13H2,1H3/b3-2+. The zero-order valence-corrected chi connectivity index (χ0v) is 15.2. The fraction of sp³-hybridized carbons (Fsp3) is 0.591. The Hall–Kier alpha value is -1.69. The Morgan fingerprint density at radius 3 is 2.20 bits per heavy atom. The molecule has 0 N–H and O–H groups in total. The van der Waals surface area contributed by atoms with Gasteiger partial charge >= 0.3 is 0 Å². The van der Waals surface area contributed by atoms with Crippen LogP contribution in [0.5, 0.6) is 0 Å². The molecule has 0 spiro atoms. The van der Waals surface area contributed by atoms with Gasteiger partial charge < -0.3 is 0 Å². The maximum absolute atomic E-state index is 13.7. The molecule has 1 nitrogen and oxygen atoms in total. The Kier molecular flexibility index (Phi) is 8.12. The summed E-state index contributed by atoms with van der Waals surface area (Å²) in [7, 11) is 0. The van der Waals surface area contributed by atoms with Crippen LogP contribution in [-0.4, -0.2) is 0 Å². The summed E-state index contributed by atoms with van der Waals surface area (Å²) in [5.41, 5.74) is 0.193. The quantitative estimate of drug-likeness (QED) is 0.379. The Morgan fingerprint density at radius 1 is 1.04 bits per heavy atom. The van der Waals surface area contributed by atoms with Gasteiger partial charge in [0.25, 0.3) is 0 Å². The summed E-state index contributed by atoms with van der Waals surface area (Å²) in [6.45, 7) is 2.07. The zero-order chi connectivity index (χ0) is 18.1. The lowest BCUT2D eigenvalue weighted by Gasteiger charge is -2.28. The minimum absolute atomic E-state index is 0.473. The Balaban J connectivity index is 1.70. The lowest BCUT2D eigenvalue weighted by Crippen LogP contribution is -2.15. The van der Waals surface area contributed by atoms with Gasteiger partial charge in [-0.05, 0) is 62.1 Å². The van der Waals surface area contributed by atoms with Crippen molar-refractivity contribution in [3.8, 4) is 6.07 Å². The van der Waals surface area contributed by atoms with Gasteiger partial charge in [-0.25, -0.2) is 8.78 Å². The topological polar surface area (TPSA) is 23.8 Å². The Labute approximate surface area is 150 Å². The van der Waals surface area contributed by atoms with Crippen molar-refractivity contribution in [2.24, 2.45) is 11.8 Å². The van der Waals surface area contributed by atoms with E-state index in [1.165, 1.54) is 63.5 Å². The lowest BCUT2D eigenvalue weighted by molar-refractivity contribution is 0.249. The molecule has 1 aliphatic carbocycles. The number of hydrogen-bond donors (Lipinski definition) is 0. The summed E-state index contributed by atoms with van der Waals surface area (Å²) >= 11 is 0. The number of allylic oxidation sites excluding steroid dienone is 2. The van der Waals surface area contributed by atoms with E-state index >= 15 is 0 Å². The molecule has 1 fully saturated rings. The van der Waals surface area contributed by atoms with Gasteiger partial charge in [-0.3, -0.25) is 0 Å². The molecule has 1 saturated carbocycles. The molecule has 1 aromatic carbocycles. The molecular weight excluding hydrogens is 316 g/mol. The third kappa shape index (κ3) is 6.27. The molecule has 0 aliphatic heterocycles. The van der Waals surface area contributed by atoms with Gasteiger partial charge in [-0.1, -0.05) is 50.7 Å². The second kappa shape index (κ2) is 10.3. The maximum atomic E-state index is 13.7. The highest BCUT2D eigenvalue weighted by molar-refractivity contribution is 5.35. The first-order valence-electron chi connectivity index (χ1n) is 9.63. The van der Waals surface area contributed by atoms with Crippen molar-refractivity contribution in [2.75, 3.05) is 0 Å². The molecule has 0 unspecified atom stereocenters. The summed E-state index contributed by atoms with van der Waals surface area (Å²) in [6, 6.07) is 4.21. The number of rotatable bonds is 8. The summed E-state index contributed by atoms with van der Waals surface area (Å²) < 4.78 is 27.3. The van der Waals surface area contributed by atoms with Crippen LogP contribution in [0.2, 0.25) is 0 Å². The highest BCUT2D eigenvalue weighted by atomic mass is 19.1. The molecule has 2 rings (SSSR count). The molecule has 0 radical (unpaired) electrons. The predicted molar refractivity (Wildman–Crippen MR) is 98.1 cm³/mol. The third-order valence-corrected chi connectivity index (χ3v) is 5.49. The van der Waals surface area contributed by atoms with Crippen molar-refractivity contribution in [3.63, 3.8) is 0 Å². The average molecular weight is 345 g/mol. The van der Waals surface area contributed by atoms with Gasteiger partial charge in [0, 0.05) is 0 Å². The average Bonchev–Trinajstić information content (AvgIpc) is 2.60. The first-order chi connectivity index (χ1) is 12.1. The van der Waals surface area contributed by atoms with Crippen LogP contribution in [0.15, 0.2) is 24.3 Å². The fourth-order valence-electron chi connectivity index (χ4n) is 3.92. The summed E-state index contributed by atoms with van der Waals surface area (Å²) in [4.78, 5) is 0. The summed E-state index contributed by atoms with van der Waals surface area (Å²) in [5.74, 6) is 0.0611. The molecule has 0 atom stereocenters. The number of halogens is 2. The van der Waals surface area contributed by atoms with Crippen LogP contribution >= 0.6 is 0 Å². The minimum Gasteiger partial charge on any atom is -0.205 e. The molecular formula is C22H29F2N. The Bertz CT molecular complexity index is 584. The zero-order valence-electron chi connectivity index (χ0n) is 15.2. The van der Waals surface area contributed by atoms with Crippen molar-refractivity contribution < 1.29 is 8.78 Å². The van der Waals surface area contributed by atoms with E-state index in [2.05, 4.69) is 19.1 Å². The van der Waals surface area contributed by atoms with Crippen LogP contribution in [0.4, 0.5) is 8.78 Å². The van der Waals surface area contributed by atoms with E-state index < -0.39 is 17.2 Å². The van der Waals surface area contributed by atoms with Gasteiger partial charge in [0.15, 0.2) is 0 Å². The first-order valence-corrected chi connectivity index (χ1v) is 9.63. The van der Waals surface area contributed by atoms with Crippen molar-refractivity contribution >= 4 is 0 Å². The van der Waals surface area contributed by atoms with E-state index in [1.54, 1.807) is 6.07 Å². The van der Waals surface area contributed by atoms with Gasteiger partial charge in [0.1, 0.15) is 23.3 Å². The monoisotopic (exact) mass is 345 g/mol. The molecule has 1 aromatic rings. The molecule has 136 valence electrons. The van der Waals surface area contributed by atoms with E-state index in [4.69, 9.17) is 5.26 Å². The number of benzene rings is 1. The number of nitrogens with zero attached hydrogens (tertiary/aromatic N) is 1. The molecule has 25 heavy (non-hydrogen) atoms. The molecule has 3 heteroatoms. The third-order valence-electron chi connectivity index (χ3n) is 5.49. The largest absolute Gasteiger partial charge is 0.205 e. The number of unbranched alkanes of at least 4 members (excludes halogenated alkanes) is 2. The lowest BCUT2D eigenvalue weighted by atomic mass is 9.77. The molecule has 0 bridgehead atoms. The Morgan fingerprint density at radius 2 is 1.64 bits per heavy atom. The van der Waals surface area contributed by atoms with E-state index in [-0.39, 0.29) is 0 Å². The molecule has 0 amide bonds. The van der Waals surface area contributed by atoms with Gasteiger partial charge in [-0.15, -0.1) is 0 Å². The molecule has 1 aliphatic rings. The number of aryl methyl sites for hydroxylation is 1. The minimum atomic E-state index is -0.737. The highest BCUT2D eigenvalue weighted by Crippen LogP contribution is 2.34. The van der Waals surface area contributed by atoms with E-state index in [9.17, 15) is 8.78 Å². The van der Waals surface area contributed by atoms with Crippen molar-refractivity contribution in [1.82, 2.24) is 0 Å². The summed E-state index contributed by atoms with van der Waals surface area (Å²) in [6.07, 6.45) is 16.3. The van der Waals surface area contributed by atoms with Crippen LogP contribution in [0.25, 0.3) is 0 Å². The van der Waals surface area contributed by atoms with E-state index in [1.807, 2.05) is 0 Å². The van der Waals surface area contributed by atoms with Crippen molar-refractivity contribution in [1.29, 1.82) is 5.26 Å². The smallest absolute Gasteiger partial charge is 0.144 e. The second-order valence-corrected chi connectivity index (χ2v) is 7.33.